The number of hydrogen-bond acceptors (Lipinski definition) is 1. The summed E-state index contributed by atoms with van der Waals surface area (Å²) in [6.45, 7) is 9.46. The fourth-order valence-corrected chi connectivity index (χ4v) is 11.2. The van der Waals surface area contributed by atoms with Gasteiger partial charge in [0.25, 0.3) is 0 Å². The van der Waals surface area contributed by atoms with Crippen molar-refractivity contribution in [3.8, 4) is 16.8 Å². The Kier molecular flexibility index (Phi) is 8.33. The van der Waals surface area contributed by atoms with Crippen LogP contribution in [0.1, 0.15) is 27.8 Å². The van der Waals surface area contributed by atoms with E-state index in [-0.39, 0.29) is 0 Å². The molecular formula is C57H46N2Si. The number of para-hydroxylation sites is 2. The fraction of sp³-hybridized carbons (Fsp3) is 0.0877. The molecule has 60 heavy (non-hydrogen) atoms. The van der Waals surface area contributed by atoms with Gasteiger partial charge in [0, 0.05) is 33.2 Å². The molecule has 0 saturated heterocycles. The van der Waals surface area contributed by atoms with Crippen molar-refractivity contribution in [2.24, 2.45) is 0 Å². The van der Waals surface area contributed by atoms with Crippen LogP contribution in [-0.2, 0) is 5.41 Å². The third-order valence-electron chi connectivity index (χ3n) is 12.9. The Morgan fingerprint density at radius 3 is 1.58 bits per heavy atom. The van der Waals surface area contributed by atoms with Crippen LogP contribution >= 0.6 is 0 Å². The van der Waals surface area contributed by atoms with Crippen LogP contribution in [0.5, 0.6) is 0 Å². The van der Waals surface area contributed by atoms with Gasteiger partial charge in [0.1, 0.15) is 0 Å². The van der Waals surface area contributed by atoms with Crippen molar-refractivity contribution in [3.63, 3.8) is 0 Å². The molecule has 0 atom stereocenters. The van der Waals surface area contributed by atoms with Crippen molar-refractivity contribution < 1.29 is 0 Å². The summed E-state index contributed by atoms with van der Waals surface area (Å²) in [5.74, 6) is 0. The Morgan fingerprint density at radius 1 is 0.433 bits per heavy atom. The Hall–Kier alpha value is -6.94. The van der Waals surface area contributed by atoms with Gasteiger partial charge in [0.15, 0.2) is 0 Å². The summed E-state index contributed by atoms with van der Waals surface area (Å²) in [6, 6.07) is 77.3. The van der Waals surface area contributed by atoms with Gasteiger partial charge in [-0.05, 0) is 100 Å². The van der Waals surface area contributed by atoms with Crippen LogP contribution in [0.4, 0.5) is 17.1 Å². The molecule has 1 heterocycles. The summed E-state index contributed by atoms with van der Waals surface area (Å²) in [5, 5.41) is 6.46. The van der Waals surface area contributed by atoms with Gasteiger partial charge in [-0.25, -0.2) is 0 Å². The van der Waals surface area contributed by atoms with Crippen molar-refractivity contribution in [2.45, 2.75) is 32.0 Å². The first kappa shape index (κ1) is 36.2. The molecule has 0 radical (unpaired) electrons. The Morgan fingerprint density at radius 2 is 0.967 bits per heavy atom. The molecule has 1 aromatic heterocycles. The van der Waals surface area contributed by atoms with Gasteiger partial charge in [-0.2, -0.15) is 0 Å². The Labute approximate surface area is 353 Å². The van der Waals surface area contributed by atoms with Crippen LogP contribution in [0.2, 0.25) is 19.6 Å². The molecule has 0 aliphatic heterocycles. The number of anilines is 3. The minimum Gasteiger partial charge on any atom is -0.310 e. The van der Waals surface area contributed by atoms with E-state index >= 15 is 0 Å². The minimum atomic E-state index is -1.61. The van der Waals surface area contributed by atoms with E-state index < -0.39 is 13.5 Å². The van der Waals surface area contributed by atoms with E-state index in [0.29, 0.717) is 0 Å². The highest BCUT2D eigenvalue weighted by molar-refractivity contribution is 6.88. The molecule has 0 N–H and O–H groups in total. The standard InChI is InChI=1S/C57H46N2Si/c1-39-30-32-42(33-31-39)58(43-22-17-23-45(36-43)60(2,3)4)44-34-35-50-51(37-44)57(40-18-7-5-8-19-40,41-20-9-6-10-21-41)52-38-55(48-26-11-12-27-49(48)56(50)52)59-53-28-15-13-24-46(53)47-25-14-16-29-54(47)59/h5-38H,1-4H3. The predicted octanol–water partition coefficient (Wildman–Crippen LogP) is 14.6. The highest BCUT2D eigenvalue weighted by atomic mass is 28.3. The van der Waals surface area contributed by atoms with E-state index in [1.807, 2.05) is 0 Å². The Balaban J connectivity index is 1.27. The van der Waals surface area contributed by atoms with Gasteiger partial charge in [0.2, 0.25) is 0 Å². The van der Waals surface area contributed by atoms with E-state index in [4.69, 9.17) is 0 Å². The molecule has 0 bridgehead atoms. The number of nitrogens with zero attached hydrogens (tertiary/aromatic N) is 2. The summed E-state index contributed by atoms with van der Waals surface area (Å²) in [7, 11) is -1.61. The summed E-state index contributed by atoms with van der Waals surface area (Å²) in [5.41, 5.74) is 15.3. The molecular weight excluding hydrogens is 741 g/mol. The second-order valence-corrected chi connectivity index (χ2v) is 22.5. The smallest absolute Gasteiger partial charge is 0.0776 e. The van der Waals surface area contributed by atoms with Crippen LogP contribution in [0.3, 0.4) is 0 Å². The lowest BCUT2D eigenvalue weighted by atomic mass is 9.67. The maximum atomic E-state index is 2.53. The molecule has 1 aliphatic carbocycles. The number of fused-ring (bicyclic) bond motifs is 8. The molecule has 0 fully saturated rings. The van der Waals surface area contributed by atoms with Crippen LogP contribution in [0.15, 0.2) is 206 Å². The van der Waals surface area contributed by atoms with Crippen LogP contribution in [0.25, 0.3) is 49.4 Å². The summed E-state index contributed by atoms with van der Waals surface area (Å²) >= 11 is 0. The van der Waals surface area contributed by atoms with Crippen molar-refractivity contribution in [2.75, 3.05) is 4.90 Å². The quantitative estimate of drug-likeness (QED) is 0.146. The van der Waals surface area contributed by atoms with E-state index in [0.717, 1.165) is 11.4 Å². The highest BCUT2D eigenvalue weighted by Crippen LogP contribution is 2.60. The van der Waals surface area contributed by atoms with Crippen LogP contribution < -0.4 is 10.1 Å². The minimum absolute atomic E-state index is 0.625. The van der Waals surface area contributed by atoms with Gasteiger partial charge in [-0.15, -0.1) is 0 Å². The molecule has 0 unspecified atom stereocenters. The third kappa shape index (κ3) is 5.46. The lowest BCUT2D eigenvalue weighted by Crippen LogP contribution is -2.37. The number of hydrogen-bond donors (Lipinski definition) is 0. The average Bonchev–Trinajstić information content (AvgIpc) is 3.78. The first-order chi connectivity index (χ1) is 29.3. The van der Waals surface area contributed by atoms with E-state index in [1.165, 1.54) is 88.1 Å². The highest BCUT2D eigenvalue weighted by Gasteiger charge is 2.47. The van der Waals surface area contributed by atoms with Crippen LogP contribution in [0, 0.1) is 6.92 Å². The molecule has 0 amide bonds. The second-order valence-electron chi connectivity index (χ2n) is 17.4. The van der Waals surface area contributed by atoms with Gasteiger partial charge in [-0.1, -0.05) is 182 Å². The summed E-state index contributed by atoms with van der Waals surface area (Å²) in [4.78, 5) is 2.47. The summed E-state index contributed by atoms with van der Waals surface area (Å²) < 4.78 is 2.51. The second kappa shape index (κ2) is 13.8. The van der Waals surface area contributed by atoms with E-state index in [1.54, 1.807) is 0 Å². The van der Waals surface area contributed by atoms with Gasteiger partial charge in [-0.3, -0.25) is 0 Å². The number of aromatic nitrogens is 1. The zero-order valence-corrected chi connectivity index (χ0v) is 35.5. The maximum absolute atomic E-state index is 2.53. The lowest BCUT2D eigenvalue weighted by molar-refractivity contribution is 0.768. The fourth-order valence-electron chi connectivity index (χ4n) is 10.1. The average molecular weight is 787 g/mol. The SMILES string of the molecule is Cc1ccc(N(c2cccc([Si](C)(C)C)c2)c2ccc3c(c2)C(c2ccccc2)(c2ccccc2)c2cc(-n4c5ccccc5c5ccccc54)c4ccccc4c2-3)cc1. The lowest BCUT2D eigenvalue weighted by Gasteiger charge is -2.35. The predicted molar refractivity (Wildman–Crippen MR) is 258 cm³/mol. The molecule has 0 saturated carbocycles. The zero-order valence-electron chi connectivity index (χ0n) is 34.5. The molecule has 288 valence electrons. The van der Waals surface area contributed by atoms with Gasteiger partial charge in [0.05, 0.1) is 30.2 Å². The number of aryl methyl sites for hydroxylation is 1. The maximum Gasteiger partial charge on any atom is 0.0776 e. The molecule has 10 aromatic rings. The largest absolute Gasteiger partial charge is 0.310 e. The Bertz CT molecular complexity index is 3150. The van der Waals surface area contributed by atoms with Gasteiger partial charge < -0.3 is 9.47 Å². The topological polar surface area (TPSA) is 8.17 Å². The first-order valence-corrected chi connectivity index (χ1v) is 24.6. The molecule has 9 aromatic carbocycles. The molecule has 1 aliphatic rings. The van der Waals surface area contributed by atoms with Crippen molar-refractivity contribution >= 4 is 62.9 Å². The van der Waals surface area contributed by atoms with E-state index in [9.17, 15) is 0 Å². The van der Waals surface area contributed by atoms with Crippen molar-refractivity contribution in [3.05, 3.63) is 234 Å². The van der Waals surface area contributed by atoms with Crippen molar-refractivity contribution in [1.82, 2.24) is 4.57 Å². The number of rotatable bonds is 7. The number of benzene rings is 9. The van der Waals surface area contributed by atoms with E-state index in [2.05, 4.69) is 242 Å². The normalized spacial score (nSPS) is 13.1. The monoisotopic (exact) mass is 786 g/mol. The van der Waals surface area contributed by atoms with Crippen molar-refractivity contribution in [1.29, 1.82) is 0 Å². The van der Waals surface area contributed by atoms with Crippen LogP contribution in [-0.4, -0.2) is 12.6 Å². The summed E-state index contributed by atoms with van der Waals surface area (Å²) in [6.07, 6.45) is 0. The molecule has 11 rings (SSSR count). The third-order valence-corrected chi connectivity index (χ3v) is 14.9. The first-order valence-electron chi connectivity index (χ1n) is 21.1. The molecule has 2 nitrogen and oxygen atoms in total. The molecule has 0 spiro atoms. The molecule has 3 heteroatoms. The van der Waals surface area contributed by atoms with Gasteiger partial charge >= 0.3 is 0 Å². The zero-order chi connectivity index (χ0) is 40.6.